The molecule has 0 spiro atoms. The van der Waals surface area contributed by atoms with Gasteiger partial charge < -0.3 is 21.0 Å². The lowest BCUT2D eigenvalue weighted by Gasteiger charge is -2.42. The molecule has 2 aliphatic heterocycles. The first-order chi connectivity index (χ1) is 24.7. The molecule has 0 saturated carbocycles. The second-order valence-electron chi connectivity index (χ2n) is 14.1. The van der Waals surface area contributed by atoms with Crippen molar-refractivity contribution in [3.63, 3.8) is 0 Å². The van der Waals surface area contributed by atoms with Crippen molar-refractivity contribution in [1.82, 2.24) is 30.8 Å². The molecule has 0 unspecified atom stereocenters. The number of aromatic nitrogens is 1. The largest absolute Gasteiger partial charge is 0.373 e. The molecule has 3 heterocycles. The fourth-order valence-corrected chi connectivity index (χ4v) is 6.70. The predicted molar refractivity (Wildman–Crippen MR) is 209 cm³/mol. The molecule has 0 radical (unpaired) electrons. The van der Waals surface area contributed by atoms with E-state index in [0.29, 0.717) is 56.7 Å². The molecule has 52 heavy (non-hydrogen) atoms. The molecule has 5 rings (SSSR count). The summed E-state index contributed by atoms with van der Waals surface area (Å²) < 4.78 is 13.9. The van der Waals surface area contributed by atoms with Gasteiger partial charge in [-0.25, -0.2) is 4.39 Å². The Hall–Kier alpha value is -4.60. The maximum absolute atomic E-state index is 13.9. The van der Waals surface area contributed by atoms with Gasteiger partial charge in [-0.05, 0) is 83.4 Å². The van der Waals surface area contributed by atoms with Gasteiger partial charge in [-0.15, -0.1) is 5.53 Å². The van der Waals surface area contributed by atoms with E-state index in [1.165, 1.54) is 18.3 Å². The third-order valence-corrected chi connectivity index (χ3v) is 10.0. The van der Waals surface area contributed by atoms with Crippen LogP contribution in [0.5, 0.6) is 0 Å². The number of allylic oxidation sites excluding steroid dienone is 2. The summed E-state index contributed by atoms with van der Waals surface area (Å²) in [5, 5.41) is 19.8. The average molecular weight is 747 g/mol. The van der Waals surface area contributed by atoms with E-state index in [-0.39, 0.29) is 22.0 Å². The summed E-state index contributed by atoms with van der Waals surface area (Å²) in [5.41, 5.74) is 11.3. The molecule has 2 aliphatic rings. The molecule has 1 fully saturated rings. The van der Waals surface area contributed by atoms with E-state index in [2.05, 4.69) is 76.1 Å². The lowest BCUT2D eigenvalue weighted by molar-refractivity contribution is -0.125. The van der Waals surface area contributed by atoms with Crippen LogP contribution in [0.3, 0.4) is 0 Å². The Morgan fingerprint density at radius 3 is 2.58 bits per heavy atom. The van der Waals surface area contributed by atoms with Crippen LogP contribution in [0.1, 0.15) is 53.0 Å². The molecule has 0 bridgehead atoms. The molecule has 4 N–H and O–H groups in total. The molecule has 1 amide bonds. The van der Waals surface area contributed by atoms with E-state index < -0.39 is 11.9 Å². The Labute approximate surface area is 315 Å². The highest BCUT2D eigenvalue weighted by Gasteiger charge is 2.32. The maximum Gasteiger partial charge on any atom is 0.249 e. The Kier molecular flexibility index (Phi) is 12.2. The summed E-state index contributed by atoms with van der Waals surface area (Å²) in [6.07, 6.45) is 11.0. The van der Waals surface area contributed by atoms with Gasteiger partial charge in [0.15, 0.2) is 0 Å². The summed E-state index contributed by atoms with van der Waals surface area (Å²) in [7, 11) is 1.77. The van der Waals surface area contributed by atoms with Crippen LogP contribution in [0.2, 0.25) is 10.0 Å². The number of hydrogen-bond donors (Lipinski definition) is 4. The molecule has 0 aliphatic carbocycles. The van der Waals surface area contributed by atoms with Gasteiger partial charge in [-0.2, -0.15) is 5.26 Å². The maximum atomic E-state index is 13.9. The van der Waals surface area contributed by atoms with Gasteiger partial charge in [0.2, 0.25) is 5.91 Å². The third-order valence-electron chi connectivity index (χ3n) is 9.46. The second kappa shape index (κ2) is 16.4. The van der Waals surface area contributed by atoms with Crippen molar-refractivity contribution in [1.29, 1.82) is 5.26 Å². The van der Waals surface area contributed by atoms with Crippen LogP contribution >= 0.6 is 23.2 Å². The fourth-order valence-electron chi connectivity index (χ4n) is 6.25. The molecule has 1 atom stereocenters. The van der Waals surface area contributed by atoms with Gasteiger partial charge in [0.1, 0.15) is 11.9 Å². The van der Waals surface area contributed by atoms with Gasteiger partial charge in [-0.1, -0.05) is 48.0 Å². The zero-order chi connectivity index (χ0) is 37.7. The minimum atomic E-state index is -0.550. The zero-order valence-corrected chi connectivity index (χ0v) is 32.0. The van der Waals surface area contributed by atoms with E-state index in [0.717, 1.165) is 31.6 Å². The standard InChI is InChI=1S/C39H46Cl2FN9O/c1-8-49(7)38(52)25(3)11-9-10-24(2)35(34-23-51(48-47-34)29-14-16-50(17-15-29)39(4,5)6)46-28-18-30-36(45-27-12-13-33(42)31(40)19-27)26(21-43)22-44-37(30)32(41)20-28/h9-13,18-20,22-23,29,35,46-48H,2,8,14-17H2,1,3-7H3,(H,44,45)/b10-9-,25-11+/t35-/m0/s1. The number of fused-ring (bicyclic) bond motifs is 1. The normalized spacial score (nSPS) is 16.4. The predicted octanol–water partition coefficient (Wildman–Crippen LogP) is 8.04. The highest BCUT2D eigenvalue weighted by molar-refractivity contribution is 6.36. The summed E-state index contributed by atoms with van der Waals surface area (Å²) in [4.78, 5) is 21.3. The number of pyridine rings is 1. The summed E-state index contributed by atoms with van der Waals surface area (Å²) in [6.45, 7) is 17.5. The molecule has 3 aromatic rings. The molecule has 274 valence electrons. The number of benzene rings is 2. The SMILES string of the molecule is C=C(/C=C\C=C(/C)C(=O)N(C)CC)[C@H](Nc1cc(Cl)c2ncc(C#N)c(Nc3ccc(F)c(Cl)c3)c2c1)C1=CN(C2CCN(C(C)(C)C)CC2)NN1. The number of piperidine rings is 1. The van der Waals surface area contributed by atoms with Crippen LogP contribution in [0.15, 0.2) is 84.4 Å². The number of nitrogens with zero attached hydrogens (tertiary/aromatic N) is 5. The summed E-state index contributed by atoms with van der Waals surface area (Å²) >= 11 is 12.9. The van der Waals surface area contributed by atoms with Crippen molar-refractivity contribution in [2.45, 2.75) is 65.1 Å². The second-order valence-corrected chi connectivity index (χ2v) is 14.9. The quantitative estimate of drug-likeness (QED) is 0.115. The number of halogens is 3. The van der Waals surface area contributed by atoms with Crippen molar-refractivity contribution in [3.8, 4) is 6.07 Å². The zero-order valence-electron chi connectivity index (χ0n) is 30.4. The number of carbonyl (C=O) groups excluding carboxylic acids is 1. The molecule has 2 aromatic carbocycles. The van der Waals surface area contributed by atoms with E-state index in [1.807, 2.05) is 25.1 Å². The van der Waals surface area contributed by atoms with Gasteiger partial charge in [-0.3, -0.25) is 19.7 Å². The fraction of sp³-hybridized carbons (Fsp3) is 0.359. The third kappa shape index (κ3) is 8.88. The number of rotatable bonds is 11. The number of amides is 1. The molecule has 1 aromatic heterocycles. The Balaban J connectivity index is 1.49. The van der Waals surface area contributed by atoms with E-state index in [1.54, 1.807) is 37.1 Å². The Morgan fingerprint density at radius 2 is 1.92 bits per heavy atom. The first-order valence-corrected chi connectivity index (χ1v) is 18.0. The van der Waals surface area contributed by atoms with E-state index in [9.17, 15) is 14.4 Å². The van der Waals surface area contributed by atoms with Crippen LogP contribution in [0.4, 0.5) is 21.5 Å². The number of hydrazine groups is 2. The number of likely N-dealkylation sites (N-methyl/N-ethyl adjacent to an activating group) is 1. The van der Waals surface area contributed by atoms with Gasteiger partial charge in [0, 0.05) is 73.0 Å². The number of likely N-dealkylation sites (tertiary alicyclic amines) is 1. The van der Waals surface area contributed by atoms with Crippen molar-refractivity contribution >= 4 is 57.1 Å². The van der Waals surface area contributed by atoms with Crippen molar-refractivity contribution < 1.29 is 9.18 Å². The molecule has 10 nitrogen and oxygen atoms in total. The van der Waals surface area contributed by atoms with Crippen LogP contribution in [0.25, 0.3) is 10.9 Å². The number of nitriles is 1. The number of nitrogens with one attached hydrogen (secondary N) is 4. The Bertz CT molecular complexity index is 1970. The van der Waals surface area contributed by atoms with Crippen molar-refractivity contribution in [2.75, 3.05) is 37.3 Å². The van der Waals surface area contributed by atoms with E-state index >= 15 is 0 Å². The summed E-state index contributed by atoms with van der Waals surface area (Å²) in [5.74, 6) is -0.598. The minimum absolute atomic E-state index is 0.0477. The van der Waals surface area contributed by atoms with Crippen molar-refractivity contribution in [2.24, 2.45) is 0 Å². The van der Waals surface area contributed by atoms with Gasteiger partial charge in [0.25, 0.3) is 0 Å². The first-order valence-electron chi connectivity index (χ1n) is 17.3. The molecule has 13 heteroatoms. The Morgan fingerprint density at radius 1 is 1.21 bits per heavy atom. The monoisotopic (exact) mass is 745 g/mol. The first kappa shape index (κ1) is 38.6. The molecule has 1 saturated heterocycles. The number of anilines is 3. The average Bonchev–Trinajstić information content (AvgIpc) is 3.61. The van der Waals surface area contributed by atoms with Crippen molar-refractivity contribution in [3.05, 3.63) is 106 Å². The number of hydrogen-bond acceptors (Lipinski definition) is 9. The molecular formula is C39H46Cl2FN9O. The number of carbonyl (C=O) groups is 1. The molecular weight excluding hydrogens is 700 g/mol. The minimum Gasteiger partial charge on any atom is -0.373 e. The van der Waals surface area contributed by atoms with Crippen LogP contribution in [-0.4, -0.2) is 70.0 Å². The highest BCUT2D eigenvalue weighted by Crippen LogP contribution is 2.36. The van der Waals surface area contributed by atoms with Crippen LogP contribution in [0, 0.1) is 17.1 Å². The lowest BCUT2D eigenvalue weighted by atomic mass is 9.98. The van der Waals surface area contributed by atoms with Crippen LogP contribution < -0.4 is 21.6 Å². The smallest absolute Gasteiger partial charge is 0.249 e. The van der Waals surface area contributed by atoms with Crippen LogP contribution in [-0.2, 0) is 4.79 Å². The summed E-state index contributed by atoms with van der Waals surface area (Å²) in [6, 6.07) is 9.90. The van der Waals surface area contributed by atoms with Gasteiger partial charge >= 0.3 is 0 Å². The van der Waals surface area contributed by atoms with Gasteiger partial charge in [0.05, 0.1) is 38.6 Å². The topological polar surface area (TPSA) is 112 Å². The van der Waals surface area contributed by atoms with E-state index in [4.69, 9.17) is 23.2 Å². The highest BCUT2D eigenvalue weighted by atomic mass is 35.5. The lowest BCUT2D eigenvalue weighted by Crippen LogP contribution is -2.52.